The summed E-state index contributed by atoms with van der Waals surface area (Å²) in [5.74, 6) is 0.845. The molecule has 25 heavy (non-hydrogen) atoms. The molecule has 1 aliphatic rings. The zero-order chi connectivity index (χ0) is 17.2. The van der Waals surface area contributed by atoms with Crippen LogP contribution in [0.3, 0.4) is 0 Å². The van der Waals surface area contributed by atoms with E-state index in [1.54, 1.807) is 16.8 Å². The second kappa shape index (κ2) is 6.46. The largest absolute Gasteiger partial charge is 0.323 e. The summed E-state index contributed by atoms with van der Waals surface area (Å²) < 4.78 is 0. The Morgan fingerprint density at radius 3 is 2.72 bits per heavy atom. The Balaban J connectivity index is 1.44. The Kier molecular flexibility index (Phi) is 4.01. The molecule has 0 radical (unpaired) electrons. The molecule has 3 aromatic rings. The molecule has 7 heteroatoms. The molecule has 2 heterocycles. The second-order valence-corrected chi connectivity index (χ2v) is 6.46. The van der Waals surface area contributed by atoms with Crippen molar-refractivity contribution in [1.29, 1.82) is 0 Å². The lowest BCUT2D eigenvalue weighted by Gasteiger charge is -2.08. The topological polar surface area (TPSA) is 83.0 Å². The van der Waals surface area contributed by atoms with Crippen molar-refractivity contribution in [1.82, 2.24) is 4.98 Å². The van der Waals surface area contributed by atoms with Gasteiger partial charge in [-0.2, -0.15) is 4.99 Å². The van der Waals surface area contributed by atoms with Gasteiger partial charge in [0.05, 0.1) is 5.51 Å². The highest BCUT2D eigenvalue weighted by molar-refractivity contribution is 7.07. The van der Waals surface area contributed by atoms with E-state index in [1.807, 2.05) is 60.1 Å². The number of aromatic nitrogens is 1. The maximum absolute atomic E-state index is 12.2. The van der Waals surface area contributed by atoms with Gasteiger partial charge < -0.3 is 10.6 Å². The number of hydrogen-bond donors (Lipinski definition) is 3. The van der Waals surface area contributed by atoms with E-state index in [4.69, 9.17) is 0 Å². The number of hydrogen-bond acceptors (Lipinski definition) is 4. The lowest BCUT2D eigenvalue weighted by atomic mass is 10.2. The maximum Gasteiger partial charge on any atom is 0.323 e. The molecule has 0 saturated carbocycles. The van der Waals surface area contributed by atoms with E-state index in [1.165, 1.54) is 0 Å². The van der Waals surface area contributed by atoms with Crippen molar-refractivity contribution in [3.63, 3.8) is 0 Å². The summed E-state index contributed by atoms with van der Waals surface area (Å²) in [5, 5.41) is 9.64. The zero-order valence-corrected chi connectivity index (χ0v) is 14.3. The number of rotatable bonds is 3. The van der Waals surface area contributed by atoms with Crippen LogP contribution in [0.5, 0.6) is 0 Å². The molecular weight excluding hydrogens is 334 g/mol. The van der Waals surface area contributed by atoms with Crippen LogP contribution in [0.4, 0.5) is 27.5 Å². The number of nitrogens with two attached hydrogens (primary N) is 1. The highest BCUT2D eigenvalue weighted by Gasteiger charge is 2.22. The van der Waals surface area contributed by atoms with Gasteiger partial charge in [-0.1, -0.05) is 12.1 Å². The van der Waals surface area contributed by atoms with Crippen molar-refractivity contribution >= 4 is 46.0 Å². The van der Waals surface area contributed by atoms with Gasteiger partial charge in [-0.25, -0.2) is 9.78 Å². The maximum atomic E-state index is 12.2. The van der Waals surface area contributed by atoms with Crippen molar-refractivity contribution in [3.05, 3.63) is 64.6 Å². The Morgan fingerprint density at radius 2 is 1.96 bits per heavy atom. The van der Waals surface area contributed by atoms with Crippen molar-refractivity contribution in [3.8, 4) is 0 Å². The zero-order valence-electron chi connectivity index (χ0n) is 13.5. The van der Waals surface area contributed by atoms with Crippen LogP contribution in [-0.4, -0.2) is 16.9 Å². The lowest BCUT2D eigenvalue weighted by molar-refractivity contribution is -0.437. The van der Waals surface area contributed by atoms with E-state index in [0.717, 1.165) is 39.8 Å². The van der Waals surface area contributed by atoms with Crippen LogP contribution in [-0.2, 0) is 0 Å². The molecule has 6 nitrogen and oxygen atoms in total. The number of urea groups is 1. The molecule has 2 aromatic carbocycles. The Morgan fingerprint density at radius 1 is 1.12 bits per heavy atom. The van der Waals surface area contributed by atoms with Gasteiger partial charge >= 0.3 is 6.03 Å². The molecule has 0 aliphatic carbocycles. The van der Waals surface area contributed by atoms with Crippen LogP contribution < -0.4 is 16.0 Å². The van der Waals surface area contributed by atoms with Gasteiger partial charge in [0.2, 0.25) is 0 Å². The highest BCUT2D eigenvalue weighted by Crippen LogP contribution is 2.28. The number of carbonyl (C=O) groups excluding carboxylic acids is 1. The van der Waals surface area contributed by atoms with Crippen LogP contribution in [0.25, 0.3) is 0 Å². The number of thiazole rings is 1. The van der Waals surface area contributed by atoms with Gasteiger partial charge in [-0.15, -0.1) is 11.3 Å². The summed E-state index contributed by atoms with van der Waals surface area (Å²) in [5.41, 5.74) is 7.08. The molecule has 2 amide bonds. The number of aryl methyl sites for hydroxylation is 1. The van der Waals surface area contributed by atoms with Gasteiger partial charge in [0.25, 0.3) is 5.84 Å². The number of amides is 2. The minimum atomic E-state index is -0.274. The first-order valence-corrected chi connectivity index (χ1v) is 8.72. The first-order chi connectivity index (χ1) is 12.2. The number of anilines is 2. The Labute approximate surface area is 148 Å². The molecule has 4 rings (SSSR count). The predicted octanol–water partition coefficient (Wildman–Crippen LogP) is 3.38. The van der Waals surface area contributed by atoms with Crippen molar-refractivity contribution in [2.24, 2.45) is 4.99 Å². The summed E-state index contributed by atoms with van der Waals surface area (Å²) in [7, 11) is 0. The molecular formula is C18H16N5OS+. The molecule has 4 N–H and O–H groups in total. The Bertz CT molecular complexity index is 965. The van der Waals surface area contributed by atoms with E-state index >= 15 is 0 Å². The van der Waals surface area contributed by atoms with E-state index in [2.05, 4.69) is 20.6 Å². The number of nitrogens with one attached hydrogen (secondary N) is 2. The lowest BCUT2D eigenvalue weighted by Crippen LogP contribution is -2.80. The molecule has 124 valence electrons. The van der Waals surface area contributed by atoms with Crippen LogP contribution in [0.15, 0.2) is 58.3 Å². The smallest absolute Gasteiger partial charge is 0.308 e. The monoisotopic (exact) mass is 350 g/mol. The van der Waals surface area contributed by atoms with Gasteiger partial charge in [0.15, 0.2) is 11.4 Å². The van der Waals surface area contributed by atoms with Crippen LogP contribution in [0.1, 0.15) is 11.3 Å². The fourth-order valence-electron chi connectivity index (χ4n) is 2.65. The fraction of sp³-hybridized carbons (Fsp3) is 0.0556. The van der Waals surface area contributed by atoms with Gasteiger partial charge in [0.1, 0.15) is 5.69 Å². The molecule has 1 aliphatic heterocycles. The number of amidine groups is 1. The normalized spacial score (nSPS) is 12.4. The van der Waals surface area contributed by atoms with Crippen molar-refractivity contribution < 1.29 is 10.1 Å². The molecule has 0 spiro atoms. The first kappa shape index (κ1) is 15.5. The molecule has 0 saturated heterocycles. The van der Waals surface area contributed by atoms with Crippen LogP contribution >= 0.6 is 11.3 Å². The fourth-order valence-corrected chi connectivity index (χ4v) is 3.19. The van der Waals surface area contributed by atoms with Crippen LogP contribution in [0.2, 0.25) is 0 Å². The number of quaternary nitrogens is 1. The molecule has 1 aromatic heterocycles. The van der Waals surface area contributed by atoms with E-state index in [-0.39, 0.29) is 6.03 Å². The standard InChI is InChI=1S/C18H15N5OS/c1-11-3-2-4-12(7-11)20-18(24)21-13-5-6-14-15(8-13)23-17(22-14)16-9-25-10-19-16/h2-10H,1H3,(H,22,23)(H2,20,21,24)/p+1. The summed E-state index contributed by atoms with van der Waals surface area (Å²) in [6, 6.07) is 13.1. The average Bonchev–Trinajstić information content (AvgIpc) is 3.23. The summed E-state index contributed by atoms with van der Waals surface area (Å²) >= 11 is 1.54. The third-order valence-corrected chi connectivity index (χ3v) is 4.38. The van der Waals surface area contributed by atoms with Gasteiger partial charge in [-0.3, -0.25) is 5.32 Å². The minimum absolute atomic E-state index is 0.274. The van der Waals surface area contributed by atoms with Crippen LogP contribution in [0, 0.1) is 6.92 Å². The number of nitrogens with zero attached hydrogens (tertiary/aromatic N) is 2. The summed E-state index contributed by atoms with van der Waals surface area (Å²) in [6.45, 7) is 1.99. The molecule has 0 fully saturated rings. The minimum Gasteiger partial charge on any atom is -0.308 e. The number of fused-ring (bicyclic) bond motifs is 1. The molecule has 0 unspecified atom stereocenters. The van der Waals surface area contributed by atoms with Gasteiger partial charge in [-0.05, 0) is 36.8 Å². The Hall–Kier alpha value is -3.03. The quantitative estimate of drug-likeness (QED) is 0.633. The highest BCUT2D eigenvalue weighted by atomic mass is 32.1. The van der Waals surface area contributed by atoms with E-state index < -0.39 is 0 Å². The first-order valence-electron chi connectivity index (χ1n) is 7.78. The molecule has 0 bridgehead atoms. The average molecular weight is 350 g/mol. The van der Waals surface area contributed by atoms with E-state index in [9.17, 15) is 4.79 Å². The molecule has 0 atom stereocenters. The van der Waals surface area contributed by atoms with Crippen molar-refractivity contribution in [2.45, 2.75) is 6.92 Å². The van der Waals surface area contributed by atoms with Gasteiger partial charge in [0, 0.05) is 22.8 Å². The number of aliphatic imine (C=N–C) groups is 1. The summed E-state index contributed by atoms with van der Waals surface area (Å²) in [6.07, 6.45) is 0. The third kappa shape index (κ3) is 3.42. The van der Waals surface area contributed by atoms with E-state index in [0.29, 0.717) is 0 Å². The second-order valence-electron chi connectivity index (χ2n) is 5.74. The third-order valence-electron chi connectivity index (χ3n) is 3.79. The SMILES string of the molecule is Cc1cccc(NC(=O)Nc2ccc3c(c2)[NH2+]C(c2cscn2)=N3)c1. The predicted molar refractivity (Wildman–Crippen MR) is 100 cm³/mol. The number of benzene rings is 2. The van der Waals surface area contributed by atoms with Crippen molar-refractivity contribution in [2.75, 3.05) is 10.6 Å². The summed E-state index contributed by atoms with van der Waals surface area (Å²) in [4.78, 5) is 21.0. The number of carbonyl (C=O) groups is 1.